The van der Waals surface area contributed by atoms with Crippen molar-refractivity contribution < 1.29 is 22.9 Å². The molecule has 0 radical (unpaired) electrons. The summed E-state index contributed by atoms with van der Waals surface area (Å²) in [5.41, 5.74) is 1.68. The Morgan fingerprint density at radius 3 is 2.37 bits per heavy atom. The van der Waals surface area contributed by atoms with Crippen LogP contribution in [0.25, 0.3) is 11.0 Å². The van der Waals surface area contributed by atoms with E-state index in [-0.39, 0.29) is 24.1 Å². The largest absolute Gasteiger partial charge is 0.370 e. The molecule has 0 spiro atoms. The van der Waals surface area contributed by atoms with Crippen molar-refractivity contribution in [2.24, 2.45) is 13.0 Å². The van der Waals surface area contributed by atoms with E-state index in [0.717, 1.165) is 75.6 Å². The molecular formula is C30H40N8O7S. The van der Waals surface area contributed by atoms with Gasteiger partial charge in [-0.15, -0.1) is 0 Å². The molecule has 1 aliphatic carbocycles. The molecule has 15 nitrogen and oxygen atoms in total. The van der Waals surface area contributed by atoms with Crippen molar-refractivity contribution in [1.29, 1.82) is 0 Å². The number of carbonyl (C=O) groups excluding carboxylic acids is 2. The fourth-order valence-corrected chi connectivity index (χ4v) is 8.29. The normalized spacial score (nSPS) is 23.3. The lowest BCUT2D eigenvalue weighted by Gasteiger charge is -2.40. The van der Waals surface area contributed by atoms with Gasteiger partial charge in [0, 0.05) is 45.4 Å². The summed E-state index contributed by atoms with van der Waals surface area (Å²) in [6, 6.07) is 5.40. The van der Waals surface area contributed by atoms with Gasteiger partial charge in [0.25, 0.3) is 5.03 Å². The number of para-hydroxylation sites is 1. The van der Waals surface area contributed by atoms with E-state index in [1.54, 1.807) is 11.6 Å². The Hall–Kier alpha value is -4.05. The highest BCUT2D eigenvalue weighted by molar-refractivity contribution is 7.90. The fourth-order valence-electron chi connectivity index (χ4n) is 7.54. The molecule has 2 amide bonds. The van der Waals surface area contributed by atoms with Crippen LogP contribution in [-0.4, -0.2) is 87.9 Å². The number of aryl methyl sites for hydroxylation is 1. The van der Waals surface area contributed by atoms with Gasteiger partial charge >= 0.3 is 11.4 Å². The van der Waals surface area contributed by atoms with Crippen LogP contribution in [0.4, 0.5) is 11.4 Å². The first-order valence-corrected chi connectivity index (χ1v) is 17.6. The summed E-state index contributed by atoms with van der Waals surface area (Å²) >= 11 is 0. The molecule has 46 heavy (non-hydrogen) atoms. The Morgan fingerprint density at radius 1 is 1.07 bits per heavy atom. The first kappa shape index (κ1) is 31.9. The summed E-state index contributed by atoms with van der Waals surface area (Å²) in [7, 11) is 0.0808. The molecule has 2 aromatic heterocycles. The molecule has 16 heteroatoms. The molecule has 1 aromatic carbocycles. The van der Waals surface area contributed by atoms with Gasteiger partial charge in [-0.25, -0.2) is 13.2 Å². The van der Waals surface area contributed by atoms with Crippen LogP contribution in [0.3, 0.4) is 0 Å². The first-order valence-electron chi connectivity index (χ1n) is 15.8. The number of nitro groups is 1. The van der Waals surface area contributed by atoms with Gasteiger partial charge in [-0.3, -0.25) is 38.8 Å². The number of imide groups is 1. The van der Waals surface area contributed by atoms with Crippen molar-refractivity contribution in [3.63, 3.8) is 0 Å². The predicted molar refractivity (Wildman–Crippen MR) is 169 cm³/mol. The number of rotatable bonds is 8. The highest BCUT2D eigenvalue weighted by Gasteiger charge is 2.34. The summed E-state index contributed by atoms with van der Waals surface area (Å²) < 4.78 is 28.6. The smallest absolute Gasteiger partial charge is 0.329 e. The molecule has 6 rings (SSSR count). The molecule has 2 aliphatic heterocycles. The van der Waals surface area contributed by atoms with Gasteiger partial charge in [-0.2, -0.15) is 5.10 Å². The lowest BCUT2D eigenvalue weighted by molar-refractivity contribution is -0.387. The summed E-state index contributed by atoms with van der Waals surface area (Å²) in [6.45, 7) is 2.57. The highest BCUT2D eigenvalue weighted by atomic mass is 32.2. The molecule has 0 bridgehead atoms. The van der Waals surface area contributed by atoms with Crippen molar-refractivity contribution in [3.05, 3.63) is 45.0 Å². The minimum atomic E-state index is -3.80. The third kappa shape index (κ3) is 5.95. The van der Waals surface area contributed by atoms with E-state index in [2.05, 4.69) is 27.3 Å². The number of nitrogens with zero attached hydrogens (tertiary/aromatic N) is 7. The Labute approximate surface area is 266 Å². The zero-order valence-corrected chi connectivity index (χ0v) is 27.1. The monoisotopic (exact) mass is 656 g/mol. The van der Waals surface area contributed by atoms with E-state index >= 15 is 0 Å². The van der Waals surface area contributed by atoms with Gasteiger partial charge < -0.3 is 9.80 Å². The second-order valence-corrected chi connectivity index (χ2v) is 14.9. The van der Waals surface area contributed by atoms with Crippen LogP contribution in [0.5, 0.6) is 0 Å². The zero-order chi connectivity index (χ0) is 32.9. The van der Waals surface area contributed by atoms with Gasteiger partial charge in [0.2, 0.25) is 21.7 Å². The molecule has 1 unspecified atom stereocenters. The first-order chi connectivity index (χ1) is 21.8. The molecular weight excluding hydrogens is 616 g/mol. The number of hydrogen-bond donors (Lipinski definition) is 1. The number of carbonyl (C=O) groups is 2. The predicted octanol–water partition coefficient (Wildman–Crippen LogP) is 2.16. The van der Waals surface area contributed by atoms with Crippen LogP contribution in [0.2, 0.25) is 0 Å². The number of aromatic nitrogens is 4. The Morgan fingerprint density at radius 2 is 1.76 bits per heavy atom. The molecule has 248 valence electrons. The van der Waals surface area contributed by atoms with Crippen LogP contribution >= 0.6 is 0 Å². The molecule has 4 heterocycles. The molecule has 1 N–H and O–H groups in total. The minimum absolute atomic E-state index is 0.0671. The van der Waals surface area contributed by atoms with E-state index in [1.807, 2.05) is 18.2 Å². The second-order valence-electron chi connectivity index (χ2n) is 13.0. The number of anilines is 1. The van der Waals surface area contributed by atoms with Crippen molar-refractivity contribution in [1.82, 2.24) is 29.1 Å². The van der Waals surface area contributed by atoms with Crippen molar-refractivity contribution in [2.75, 3.05) is 37.8 Å². The number of fused-ring (bicyclic) bond motifs is 1. The number of imidazole rings is 1. The molecule has 1 atom stereocenters. The number of hydrogen-bond acceptors (Lipinski definition) is 10. The topological polar surface area (TPSA) is 175 Å². The average Bonchev–Trinajstić information content (AvgIpc) is 3.58. The van der Waals surface area contributed by atoms with E-state index in [9.17, 15) is 32.9 Å². The summed E-state index contributed by atoms with van der Waals surface area (Å²) in [5.74, 6) is -0.294. The van der Waals surface area contributed by atoms with Gasteiger partial charge in [0.05, 0.1) is 27.7 Å². The lowest BCUT2D eigenvalue weighted by Crippen LogP contribution is -2.45. The fraction of sp³-hybridized carbons (Fsp3) is 0.600. The van der Waals surface area contributed by atoms with Crippen LogP contribution in [-0.2, 0) is 26.5 Å². The van der Waals surface area contributed by atoms with E-state index in [0.29, 0.717) is 23.9 Å². The number of amides is 2. The third-order valence-corrected chi connectivity index (χ3v) is 11.0. The van der Waals surface area contributed by atoms with Crippen molar-refractivity contribution >= 4 is 44.1 Å². The van der Waals surface area contributed by atoms with Crippen LogP contribution in [0.15, 0.2) is 34.2 Å². The maximum atomic E-state index is 13.3. The summed E-state index contributed by atoms with van der Waals surface area (Å²) in [6.07, 6.45) is 8.00. The SMILES string of the molecule is CN(CC1CCC(n2cc([N+](=O)[O-])c(S(C)(=O)=O)n2)CC1)C1CCN(c2cccc3c2n(C)c(=O)n3C2CCC(=O)NC2=O)CC1. The summed E-state index contributed by atoms with van der Waals surface area (Å²) in [5, 5.41) is 17.4. The molecule has 3 aliphatic rings. The average molecular weight is 657 g/mol. The quantitative estimate of drug-likeness (QED) is 0.215. The number of piperidine rings is 2. The number of sulfone groups is 1. The lowest BCUT2D eigenvalue weighted by atomic mass is 9.85. The zero-order valence-electron chi connectivity index (χ0n) is 26.3. The Balaban J connectivity index is 1.07. The van der Waals surface area contributed by atoms with E-state index < -0.39 is 37.4 Å². The maximum absolute atomic E-state index is 13.3. The standard InChI is InChI=1S/C30H40N8O7S/c1-33(17-19-7-9-21(10-8-19)36-18-25(38(42)43)29(32-36)46(3,44)45)20-13-15-35(16-14-20)22-5-4-6-23-27(22)34(2)30(41)37(23)24-11-12-26(39)31-28(24)40/h4-6,18-21,24H,7-17H2,1-3H3,(H,31,39,40). The molecule has 3 fully saturated rings. The van der Waals surface area contributed by atoms with Gasteiger partial charge in [-0.1, -0.05) is 6.07 Å². The van der Waals surface area contributed by atoms with E-state index in [1.165, 1.54) is 15.4 Å². The van der Waals surface area contributed by atoms with Crippen LogP contribution in [0.1, 0.15) is 63.5 Å². The van der Waals surface area contributed by atoms with Gasteiger partial charge in [0.15, 0.2) is 0 Å². The maximum Gasteiger partial charge on any atom is 0.329 e. The highest BCUT2D eigenvalue weighted by Crippen LogP contribution is 2.36. The minimum Gasteiger partial charge on any atom is -0.370 e. The molecule has 1 saturated carbocycles. The van der Waals surface area contributed by atoms with Crippen LogP contribution in [0, 0.1) is 16.0 Å². The third-order valence-electron chi connectivity index (χ3n) is 10.00. The second kappa shape index (κ2) is 12.3. The van der Waals surface area contributed by atoms with Crippen LogP contribution < -0.4 is 15.9 Å². The molecule has 2 saturated heterocycles. The Kier molecular flexibility index (Phi) is 8.52. The van der Waals surface area contributed by atoms with Crippen molar-refractivity contribution in [2.45, 2.75) is 74.5 Å². The Bertz CT molecular complexity index is 1850. The van der Waals surface area contributed by atoms with Crippen molar-refractivity contribution in [3.8, 4) is 0 Å². The number of nitrogens with one attached hydrogen (secondary N) is 1. The summed E-state index contributed by atoms with van der Waals surface area (Å²) in [4.78, 5) is 53.1. The van der Waals surface area contributed by atoms with Gasteiger partial charge in [-0.05, 0) is 70.0 Å². The number of benzene rings is 1. The molecule has 3 aromatic rings. The van der Waals surface area contributed by atoms with Gasteiger partial charge in [0.1, 0.15) is 12.2 Å². The van der Waals surface area contributed by atoms with E-state index in [4.69, 9.17) is 0 Å².